The molecule has 0 heterocycles. The van der Waals surface area contributed by atoms with Gasteiger partial charge in [-0.1, -0.05) is 36.2 Å². The molecule has 0 fully saturated rings. The van der Waals surface area contributed by atoms with Gasteiger partial charge in [0.2, 0.25) is 0 Å². The Hall–Kier alpha value is -0.280. The Morgan fingerprint density at radius 3 is 2.47 bits per heavy atom. The zero-order chi connectivity index (χ0) is 11.4. The maximum atomic E-state index is 10.0. The van der Waals surface area contributed by atoms with Crippen LogP contribution in [-0.4, -0.2) is 11.7 Å². The fourth-order valence-electron chi connectivity index (χ4n) is 1.49. The van der Waals surface area contributed by atoms with Crippen LogP contribution in [0.3, 0.4) is 0 Å². The van der Waals surface area contributed by atoms with Crippen molar-refractivity contribution < 1.29 is 5.11 Å². The van der Waals surface area contributed by atoms with E-state index in [1.54, 1.807) is 18.2 Å². The third kappa shape index (κ3) is 3.08. The number of benzene rings is 1. The van der Waals surface area contributed by atoms with Crippen molar-refractivity contribution in [3.63, 3.8) is 0 Å². The maximum absolute atomic E-state index is 10.0. The average Bonchev–Trinajstić information content (AvgIpc) is 2.23. The van der Waals surface area contributed by atoms with Gasteiger partial charge in [-0.15, -0.1) is 0 Å². The molecule has 0 spiro atoms. The Morgan fingerprint density at radius 2 is 2.00 bits per heavy atom. The molecule has 84 valence electrons. The van der Waals surface area contributed by atoms with Crippen molar-refractivity contribution in [3.05, 3.63) is 33.8 Å². The summed E-state index contributed by atoms with van der Waals surface area (Å²) in [7, 11) is 0. The Labute approximate surface area is 100.0 Å². The average molecular weight is 248 g/mol. The highest BCUT2D eigenvalue weighted by atomic mass is 35.5. The fraction of sp³-hybridized carbons (Fsp3) is 0.455. The Balaban J connectivity index is 2.90. The lowest BCUT2D eigenvalue weighted by Gasteiger charge is -2.20. The molecular formula is C11H15Cl2NO. The molecule has 2 nitrogen and oxygen atoms in total. The maximum Gasteiger partial charge on any atom is 0.0830 e. The molecule has 0 radical (unpaired) electrons. The number of rotatable bonds is 4. The number of nitrogens with two attached hydrogens (primary N) is 1. The van der Waals surface area contributed by atoms with E-state index < -0.39 is 6.10 Å². The van der Waals surface area contributed by atoms with E-state index in [4.69, 9.17) is 28.9 Å². The van der Waals surface area contributed by atoms with Crippen LogP contribution >= 0.6 is 23.2 Å². The fourth-order valence-corrected chi connectivity index (χ4v) is 1.79. The molecule has 0 bridgehead atoms. The van der Waals surface area contributed by atoms with Gasteiger partial charge in [-0.05, 0) is 30.7 Å². The summed E-state index contributed by atoms with van der Waals surface area (Å²) in [5.74, 6) is 0.0576. The quantitative estimate of drug-likeness (QED) is 0.860. The van der Waals surface area contributed by atoms with E-state index in [2.05, 4.69) is 0 Å². The summed E-state index contributed by atoms with van der Waals surface area (Å²) in [5, 5.41) is 11.0. The van der Waals surface area contributed by atoms with Crippen molar-refractivity contribution in [2.75, 3.05) is 6.54 Å². The van der Waals surface area contributed by atoms with Crippen LogP contribution in [0.4, 0.5) is 0 Å². The van der Waals surface area contributed by atoms with Crippen molar-refractivity contribution in [2.45, 2.75) is 19.4 Å². The van der Waals surface area contributed by atoms with Crippen LogP contribution < -0.4 is 5.73 Å². The summed E-state index contributed by atoms with van der Waals surface area (Å²) in [5.41, 5.74) is 6.34. The van der Waals surface area contributed by atoms with Crippen LogP contribution in [-0.2, 0) is 0 Å². The first-order chi connectivity index (χ1) is 7.10. The third-order valence-electron chi connectivity index (χ3n) is 2.56. The molecule has 15 heavy (non-hydrogen) atoms. The van der Waals surface area contributed by atoms with E-state index in [9.17, 15) is 5.11 Å². The lowest BCUT2D eigenvalue weighted by molar-refractivity contribution is 0.110. The first-order valence-electron chi connectivity index (χ1n) is 4.93. The summed E-state index contributed by atoms with van der Waals surface area (Å²) in [4.78, 5) is 0. The molecular weight excluding hydrogens is 233 g/mol. The molecule has 0 saturated carbocycles. The van der Waals surface area contributed by atoms with Gasteiger partial charge in [0.25, 0.3) is 0 Å². The van der Waals surface area contributed by atoms with Crippen molar-refractivity contribution in [1.82, 2.24) is 0 Å². The van der Waals surface area contributed by atoms with Crippen molar-refractivity contribution in [1.29, 1.82) is 0 Å². The van der Waals surface area contributed by atoms with Gasteiger partial charge in [0, 0.05) is 5.92 Å². The molecule has 2 atom stereocenters. The normalized spacial score (nSPS) is 15.0. The minimum absolute atomic E-state index is 0.0576. The smallest absolute Gasteiger partial charge is 0.0830 e. The van der Waals surface area contributed by atoms with Crippen LogP contribution in [0.2, 0.25) is 10.0 Å². The third-order valence-corrected chi connectivity index (χ3v) is 3.30. The first-order valence-corrected chi connectivity index (χ1v) is 5.68. The molecule has 4 heteroatoms. The summed E-state index contributed by atoms with van der Waals surface area (Å²) < 4.78 is 0. The molecule has 2 unspecified atom stereocenters. The largest absolute Gasteiger partial charge is 0.388 e. The molecule has 3 N–H and O–H groups in total. The highest BCUT2D eigenvalue weighted by Crippen LogP contribution is 2.29. The second-order valence-electron chi connectivity index (χ2n) is 3.52. The predicted octanol–water partition coefficient (Wildman–Crippen LogP) is 3.01. The van der Waals surface area contributed by atoms with Crippen molar-refractivity contribution in [3.8, 4) is 0 Å². The number of aliphatic hydroxyl groups is 1. The molecule has 0 amide bonds. The van der Waals surface area contributed by atoms with E-state index in [0.717, 1.165) is 12.0 Å². The van der Waals surface area contributed by atoms with Crippen LogP contribution in [0.25, 0.3) is 0 Å². The van der Waals surface area contributed by atoms with Crippen LogP contribution in [0.15, 0.2) is 18.2 Å². The van der Waals surface area contributed by atoms with Crippen LogP contribution in [0, 0.1) is 5.92 Å². The predicted molar refractivity (Wildman–Crippen MR) is 64.3 cm³/mol. The van der Waals surface area contributed by atoms with Crippen molar-refractivity contribution >= 4 is 23.2 Å². The first kappa shape index (κ1) is 12.8. The summed E-state index contributed by atoms with van der Waals surface area (Å²) in [6.45, 7) is 2.45. The van der Waals surface area contributed by atoms with Gasteiger partial charge in [-0.2, -0.15) is 0 Å². The highest BCUT2D eigenvalue weighted by molar-refractivity contribution is 6.42. The van der Waals surface area contributed by atoms with E-state index >= 15 is 0 Å². The molecule has 0 saturated heterocycles. The standard InChI is InChI=1S/C11H15Cl2NO/c1-2-7(6-14)11(15)8-3-4-9(12)10(13)5-8/h3-5,7,11,15H,2,6,14H2,1H3. The highest BCUT2D eigenvalue weighted by Gasteiger charge is 2.18. The van der Waals surface area contributed by atoms with Gasteiger partial charge in [0.15, 0.2) is 0 Å². The number of halogens is 2. The second kappa shape index (κ2) is 5.71. The minimum atomic E-state index is -0.574. The minimum Gasteiger partial charge on any atom is -0.388 e. The molecule has 0 aliphatic carbocycles. The van der Waals surface area contributed by atoms with Gasteiger partial charge in [0.05, 0.1) is 16.1 Å². The lowest BCUT2D eigenvalue weighted by Crippen LogP contribution is -2.21. The summed E-state index contributed by atoms with van der Waals surface area (Å²) in [6, 6.07) is 5.15. The SMILES string of the molecule is CCC(CN)C(O)c1ccc(Cl)c(Cl)c1. The summed E-state index contributed by atoms with van der Waals surface area (Å²) >= 11 is 11.7. The topological polar surface area (TPSA) is 46.2 Å². The molecule has 1 aromatic rings. The van der Waals surface area contributed by atoms with Gasteiger partial charge >= 0.3 is 0 Å². The van der Waals surface area contributed by atoms with E-state index in [1.165, 1.54) is 0 Å². The zero-order valence-corrected chi connectivity index (χ0v) is 10.1. The van der Waals surface area contributed by atoms with Gasteiger partial charge < -0.3 is 10.8 Å². The Bertz CT molecular complexity index is 326. The molecule has 1 aromatic carbocycles. The lowest BCUT2D eigenvalue weighted by atomic mass is 9.94. The number of aliphatic hydroxyl groups excluding tert-OH is 1. The summed E-state index contributed by atoms with van der Waals surface area (Å²) in [6.07, 6.45) is 0.257. The Kier molecular flexibility index (Phi) is 4.87. The number of hydrogen-bond donors (Lipinski definition) is 2. The Morgan fingerprint density at radius 1 is 1.33 bits per heavy atom. The van der Waals surface area contributed by atoms with Crippen LogP contribution in [0.1, 0.15) is 25.0 Å². The molecule has 0 aliphatic heterocycles. The van der Waals surface area contributed by atoms with E-state index in [-0.39, 0.29) is 5.92 Å². The van der Waals surface area contributed by atoms with Gasteiger partial charge in [0.1, 0.15) is 0 Å². The monoisotopic (exact) mass is 247 g/mol. The molecule has 1 rings (SSSR count). The molecule has 0 aliphatic rings. The number of hydrogen-bond acceptors (Lipinski definition) is 2. The van der Waals surface area contributed by atoms with Crippen LogP contribution in [0.5, 0.6) is 0 Å². The van der Waals surface area contributed by atoms with Gasteiger partial charge in [-0.3, -0.25) is 0 Å². The van der Waals surface area contributed by atoms with E-state index in [1.807, 2.05) is 6.92 Å². The van der Waals surface area contributed by atoms with E-state index in [0.29, 0.717) is 16.6 Å². The second-order valence-corrected chi connectivity index (χ2v) is 4.34. The van der Waals surface area contributed by atoms with Gasteiger partial charge in [-0.25, -0.2) is 0 Å². The van der Waals surface area contributed by atoms with Crippen molar-refractivity contribution in [2.24, 2.45) is 11.7 Å². The molecule has 0 aromatic heterocycles. The zero-order valence-electron chi connectivity index (χ0n) is 8.58.